The van der Waals surface area contributed by atoms with Gasteiger partial charge in [-0.1, -0.05) is 12.1 Å². The van der Waals surface area contributed by atoms with Crippen LogP contribution in [0.1, 0.15) is 24.4 Å². The van der Waals surface area contributed by atoms with Crippen LogP contribution in [0, 0.1) is 5.82 Å². The fourth-order valence-electron chi connectivity index (χ4n) is 2.47. The van der Waals surface area contributed by atoms with Crippen LogP contribution in [0.25, 0.3) is 0 Å². The zero-order valence-corrected chi connectivity index (χ0v) is 12.2. The molecule has 2 rings (SSSR count). The molecule has 22 heavy (non-hydrogen) atoms. The maximum absolute atomic E-state index is 13.3. The minimum absolute atomic E-state index is 0.0225. The molecule has 0 aromatic heterocycles. The zero-order valence-electron chi connectivity index (χ0n) is 11.4. The molecular formula is C13H15F4NO3S. The Kier molecular flexibility index (Phi) is 4.78. The van der Waals surface area contributed by atoms with Gasteiger partial charge in [0.05, 0.1) is 24.3 Å². The third kappa shape index (κ3) is 4.17. The summed E-state index contributed by atoms with van der Waals surface area (Å²) in [4.78, 5) is 0. The fraction of sp³-hybridized carbons (Fsp3) is 0.538. The molecule has 1 aliphatic rings. The van der Waals surface area contributed by atoms with Crippen LogP contribution in [-0.2, 0) is 10.0 Å². The van der Waals surface area contributed by atoms with E-state index in [1.807, 2.05) is 0 Å². The molecule has 1 saturated heterocycles. The molecule has 1 aromatic carbocycles. The van der Waals surface area contributed by atoms with Crippen LogP contribution < -0.4 is 0 Å². The van der Waals surface area contributed by atoms with E-state index < -0.39 is 46.3 Å². The van der Waals surface area contributed by atoms with Crippen molar-refractivity contribution in [3.05, 3.63) is 35.6 Å². The minimum Gasteiger partial charge on any atom is -0.392 e. The van der Waals surface area contributed by atoms with Crippen LogP contribution in [0.5, 0.6) is 0 Å². The highest BCUT2D eigenvalue weighted by Gasteiger charge is 2.41. The first-order valence-electron chi connectivity index (χ1n) is 6.58. The molecule has 1 heterocycles. The van der Waals surface area contributed by atoms with Gasteiger partial charge in [-0.25, -0.2) is 12.8 Å². The van der Waals surface area contributed by atoms with E-state index in [0.29, 0.717) is 5.56 Å². The summed E-state index contributed by atoms with van der Waals surface area (Å²) >= 11 is 0. The number of alkyl halides is 3. The first-order chi connectivity index (χ1) is 10.1. The summed E-state index contributed by atoms with van der Waals surface area (Å²) in [6.07, 6.45) is -7.01. The quantitative estimate of drug-likeness (QED) is 0.855. The average Bonchev–Trinajstić information content (AvgIpc) is 2.79. The lowest BCUT2D eigenvalue weighted by Gasteiger charge is -2.24. The lowest BCUT2D eigenvalue weighted by molar-refractivity contribution is -0.130. The number of aliphatic hydroxyl groups is 1. The Labute approximate surface area is 125 Å². The summed E-state index contributed by atoms with van der Waals surface area (Å²) in [6.45, 7) is -0.290. The zero-order chi connectivity index (χ0) is 16.5. The molecular weight excluding hydrogens is 326 g/mol. The van der Waals surface area contributed by atoms with Crippen molar-refractivity contribution in [1.82, 2.24) is 4.31 Å². The van der Waals surface area contributed by atoms with E-state index in [-0.39, 0.29) is 13.0 Å². The number of hydrogen-bond acceptors (Lipinski definition) is 3. The van der Waals surface area contributed by atoms with Gasteiger partial charge in [0.2, 0.25) is 10.0 Å². The van der Waals surface area contributed by atoms with Crippen molar-refractivity contribution < 1.29 is 31.1 Å². The highest BCUT2D eigenvalue weighted by Crippen LogP contribution is 2.35. The summed E-state index contributed by atoms with van der Waals surface area (Å²) in [7, 11) is -4.21. The number of hydrogen-bond donors (Lipinski definition) is 1. The molecule has 0 bridgehead atoms. The van der Waals surface area contributed by atoms with Gasteiger partial charge in [0.25, 0.3) is 0 Å². The van der Waals surface area contributed by atoms with Crippen molar-refractivity contribution in [2.24, 2.45) is 0 Å². The SMILES string of the molecule is O=S(=O)(CCC(F)(F)F)N1CC(O)CC1c1cccc(F)c1. The van der Waals surface area contributed by atoms with Crippen molar-refractivity contribution in [3.8, 4) is 0 Å². The molecule has 1 N–H and O–H groups in total. The Morgan fingerprint density at radius 3 is 2.59 bits per heavy atom. The highest BCUT2D eigenvalue weighted by molar-refractivity contribution is 7.89. The second-order valence-electron chi connectivity index (χ2n) is 5.21. The number of aliphatic hydroxyl groups excluding tert-OH is 1. The molecule has 4 nitrogen and oxygen atoms in total. The van der Waals surface area contributed by atoms with Crippen LogP contribution in [0.2, 0.25) is 0 Å². The molecule has 0 aliphatic carbocycles. The van der Waals surface area contributed by atoms with Crippen LogP contribution in [0.15, 0.2) is 24.3 Å². The molecule has 1 fully saturated rings. The van der Waals surface area contributed by atoms with Crippen LogP contribution >= 0.6 is 0 Å². The third-order valence-corrected chi connectivity index (χ3v) is 5.31. The molecule has 0 saturated carbocycles. The lowest BCUT2D eigenvalue weighted by atomic mass is 10.0. The topological polar surface area (TPSA) is 57.6 Å². The van der Waals surface area contributed by atoms with E-state index in [1.54, 1.807) is 0 Å². The van der Waals surface area contributed by atoms with E-state index in [0.717, 1.165) is 10.4 Å². The Balaban J connectivity index is 2.24. The molecule has 0 spiro atoms. The van der Waals surface area contributed by atoms with Gasteiger partial charge in [0, 0.05) is 6.54 Å². The summed E-state index contributed by atoms with van der Waals surface area (Å²) in [5, 5.41) is 9.67. The molecule has 124 valence electrons. The fourth-order valence-corrected chi connectivity index (χ4v) is 4.19. The summed E-state index contributed by atoms with van der Waals surface area (Å²) in [5.41, 5.74) is 0.312. The second kappa shape index (κ2) is 6.13. The number of β-amino-alcohol motifs (C(OH)–C–C–N with tert-alkyl or cyclic N) is 1. The lowest BCUT2D eigenvalue weighted by Crippen LogP contribution is -2.35. The second-order valence-corrected chi connectivity index (χ2v) is 7.25. The summed E-state index contributed by atoms with van der Waals surface area (Å²) < 4.78 is 75.0. The molecule has 9 heteroatoms. The van der Waals surface area contributed by atoms with Gasteiger partial charge in [-0.05, 0) is 24.1 Å². The van der Waals surface area contributed by atoms with Gasteiger partial charge < -0.3 is 5.11 Å². The molecule has 2 atom stereocenters. The van der Waals surface area contributed by atoms with Gasteiger partial charge in [-0.2, -0.15) is 17.5 Å². The Morgan fingerprint density at radius 1 is 1.32 bits per heavy atom. The van der Waals surface area contributed by atoms with Crippen molar-refractivity contribution in [3.63, 3.8) is 0 Å². The predicted molar refractivity (Wildman–Crippen MR) is 70.9 cm³/mol. The van der Waals surface area contributed by atoms with Crippen molar-refractivity contribution in [1.29, 1.82) is 0 Å². The number of nitrogens with zero attached hydrogens (tertiary/aromatic N) is 1. The maximum atomic E-state index is 13.3. The Bertz CT molecular complexity index is 632. The van der Waals surface area contributed by atoms with E-state index in [1.165, 1.54) is 18.2 Å². The first kappa shape index (κ1) is 17.2. The van der Waals surface area contributed by atoms with Crippen molar-refractivity contribution in [2.75, 3.05) is 12.3 Å². The highest BCUT2D eigenvalue weighted by atomic mass is 32.2. The third-order valence-electron chi connectivity index (χ3n) is 3.47. The van der Waals surface area contributed by atoms with Gasteiger partial charge in [-0.15, -0.1) is 0 Å². The van der Waals surface area contributed by atoms with E-state index in [2.05, 4.69) is 0 Å². The summed E-state index contributed by atoms with van der Waals surface area (Å²) in [5.74, 6) is -1.67. The molecule has 0 amide bonds. The van der Waals surface area contributed by atoms with Gasteiger partial charge in [0.1, 0.15) is 5.82 Å². The number of rotatable bonds is 4. The molecule has 1 aliphatic heterocycles. The van der Waals surface area contributed by atoms with Crippen molar-refractivity contribution >= 4 is 10.0 Å². The molecule has 2 unspecified atom stereocenters. The van der Waals surface area contributed by atoms with E-state index in [9.17, 15) is 31.1 Å². The minimum atomic E-state index is -4.58. The number of halogens is 4. The number of benzene rings is 1. The number of sulfonamides is 1. The van der Waals surface area contributed by atoms with E-state index in [4.69, 9.17) is 0 Å². The van der Waals surface area contributed by atoms with Crippen molar-refractivity contribution in [2.45, 2.75) is 31.2 Å². The van der Waals surface area contributed by atoms with Gasteiger partial charge in [-0.3, -0.25) is 0 Å². The van der Waals surface area contributed by atoms with Crippen LogP contribution in [0.3, 0.4) is 0 Å². The molecule has 0 radical (unpaired) electrons. The van der Waals surface area contributed by atoms with Gasteiger partial charge >= 0.3 is 6.18 Å². The average molecular weight is 341 g/mol. The Morgan fingerprint density at radius 2 is 2.00 bits per heavy atom. The normalized spacial score (nSPS) is 23.9. The summed E-state index contributed by atoms with van der Waals surface area (Å²) in [6, 6.07) is 4.31. The van der Waals surface area contributed by atoms with Crippen LogP contribution in [-0.4, -0.2) is 42.4 Å². The van der Waals surface area contributed by atoms with E-state index >= 15 is 0 Å². The monoisotopic (exact) mass is 341 g/mol. The largest absolute Gasteiger partial charge is 0.392 e. The Hall–Kier alpha value is -1.19. The standard InChI is InChI=1S/C13H15F4NO3S/c14-10-3-1-2-9(6-10)12-7-11(19)8-18(12)22(20,21)5-4-13(15,16)17/h1-3,6,11-12,19H,4-5,7-8H2. The molecule has 1 aromatic rings. The first-order valence-corrected chi connectivity index (χ1v) is 8.19. The smallest absolute Gasteiger partial charge is 0.390 e. The predicted octanol–water partition coefficient (Wildman–Crippen LogP) is 2.22. The van der Waals surface area contributed by atoms with Crippen LogP contribution in [0.4, 0.5) is 17.6 Å². The van der Waals surface area contributed by atoms with Gasteiger partial charge in [0.15, 0.2) is 0 Å². The maximum Gasteiger partial charge on any atom is 0.390 e.